The van der Waals surface area contributed by atoms with E-state index in [-0.39, 0.29) is 5.82 Å². The molecular weight excluding hydrogens is 405 g/mol. The van der Waals surface area contributed by atoms with Crippen molar-refractivity contribution < 1.29 is 22.0 Å². The maximum absolute atomic E-state index is 13.3. The second-order valence-corrected chi connectivity index (χ2v) is 7.04. The number of hydrogen-bond acceptors (Lipinski definition) is 2. The molecule has 0 unspecified atom stereocenters. The van der Waals surface area contributed by atoms with E-state index in [1.807, 2.05) is 0 Å². The van der Waals surface area contributed by atoms with Crippen LogP contribution in [-0.4, -0.2) is 6.21 Å². The molecule has 29 heavy (non-hydrogen) atoms. The number of allylic oxidation sites excluding steroid dienone is 1. The van der Waals surface area contributed by atoms with Gasteiger partial charge < -0.3 is 0 Å². The van der Waals surface area contributed by atoms with E-state index in [0.29, 0.717) is 21.1 Å². The van der Waals surface area contributed by atoms with Crippen molar-refractivity contribution in [1.29, 1.82) is 0 Å². The van der Waals surface area contributed by atoms with Crippen molar-refractivity contribution in [2.45, 2.75) is 11.1 Å². The second-order valence-electron chi connectivity index (χ2n) is 5.92. The van der Waals surface area contributed by atoms with E-state index in [1.165, 1.54) is 60.4 Å². The van der Waals surface area contributed by atoms with E-state index in [9.17, 15) is 22.0 Å². The van der Waals surface area contributed by atoms with Crippen molar-refractivity contribution in [3.8, 4) is 0 Å². The molecule has 0 bridgehead atoms. The molecule has 0 aliphatic rings. The van der Waals surface area contributed by atoms with Gasteiger partial charge in [0.1, 0.15) is 11.6 Å². The van der Waals surface area contributed by atoms with Gasteiger partial charge in [0.2, 0.25) is 0 Å². The third-order valence-electron chi connectivity index (χ3n) is 3.80. The van der Waals surface area contributed by atoms with Crippen LogP contribution in [0.15, 0.2) is 88.8 Å². The molecule has 3 aromatic rings. The van der Waals surface area contributed by atoms with Crippen LogP contribution in [0.1, 0.15) is 11.1 Å². The van der Waals surface area contributed by atoms with Crippen molar-refractivity contribution in [3.05, 3.63) is 102 Å². The summed E-state index contributed by atoms with van der Waals surface area (Å²) in [4.78, 5) is 5.46. The van der Waals surface area contributed by atoms with Crippen molar-refractivity contribution >= 4 is 28.6 Å². The average molecular weight is 419 g/mol. The predicted octanol–water partition coefficient (Wildman–Crippen LogP) is 7.52. The van der Waals surface area contributed by atoms with Gasteiger partial charge in [-0.1, -0.05) is 30.0 Å². The zero-order valence-electron chi connectivity index (χ0n) is 14.8. The van der Waals surface area contributed by atoms with Crippen LogP contribution in [0, 0.1) is 11.6 Å². The molecule has 0 radical (unpaired) electrons. The smallest absolute Gasteiger partial charge is 0.257 e. The first-order chi connectivity index (χ1) is 13.8. The summed E-state index contributed by atoms with van der Waals surface area (Å²) in [5, 5.41) is 0. The van der Waals surface area contributed by atoms with E-state index in [0.717, 1.165) is 12.1 Å². The second kappa shape index (κ2) is 9.05. The standard InChI is InChI=1S/C22H14F5NS/c23-17-8-10-20(11-9-17)29-21(12-13-28-19-3-1-2-18(24)14-19)15-4-6-16(7-5-15)22(25,26)27/h1-14H. The molecule has 7 heteroatoms. The molecule has 0 aliphatic carbocycles. The molecule has 0 N–H and O–H groups in total. The van der Waals surface area contributed by atoms with Crippen molar-refractivity contribution in [1.82, 2.24) is 0 Å². The van der Waals surface area contributed by atoms with Crippen LogP contribution >= 0.6 is 11.8 Å². The first-order valence-corrected chi connectivity index (χ1v) is 9.24. The summed E-state index contributed by atoms with van der Waals surface area (Å²) in [6, 6.07) is 16.2. The SMILES string of the molecule is Fc1ccc(SC(=CC=Nc2cccc(F)c2)c2ccc(C(F)(F)F)cc2)cc1. The minimum absolute atomic E-state index is 0.387. The summed E-state index contributed by atoms with van der Waals surface area (Å²) in [5.74, 6) is -0.811. The number of aliphatic imine (C=N–C) groups is 1. The Kier molecular flexibility index (Phi) is 6.49. The summed E-state index contributed by atoms with van der Waals surface area (Å²) < 4.78 is 64.9. The number of rotatable bonds is 5. The van der Waals surface area contributed by atoms with Crippen LogP contribution in [-0.2, 0) is 6.18 Å². The molecule has 0 aliphatic heterocycles. The van der Waals surface area contributed by atoms with Gasteiger partial charge in [-0.3, -0.25) is 4.99 Å². The normalized spacial score (nSPS) is 12.5. The van der Waals surface area contributed by atoms with Gasteiger partial charge in [-0.05, 0) is 66.2 Å². The van der Waals surface area contributed by atoms with Crippen LogP contribution in [0.25, 0.3) is 4.91 Å². The van der Waals surface area contributed by atoms with Gasteiger partial charge in [-0.2, -0.15) is 13.2 Å². The Morgan fingerprint density at radius 1 is 0.828 bits per heavy atom. The molecule has 3 aromatic carbocycles. The molecule has 148 valence electrons. The van der Waals surface area contributed by atoms with Gasteiger partial charge >= 0.3 is 6.18 Å². The lowest BCUT2D eigenvalue weighted by Crippen LogP contribution is -2.04. The first kappa shape index (κ1) is 20.8. The molecule has 0 atom stereocenters. The first-order valence-electron chi connectivity index (χ1n) is 8.42. The number of nitrogens with zero attached hydrogens (tertiary/aromatic N) is 1. The van der Waals surface area contributed by atoms with Crippen molar-refractivity contribution in [3.63, 3.8) is 0 Å². The van der Waals surface area contributed by atoms with Crippen LogP contribution in [0.2, 0.25) is 0 Å². The molecule has 0 amide bonds. The molecular formula is C22H14F5NS. The lowest BCUT2D eigenvalue weighted by molar-refractivity contribution is -0.137. The van der Waals surface area contributed by atoms with Gasteiger partial charge in [0.25, 0.3) is 0 Å². The highest BCUT2D eigenvalue weighted by Crippen LogP contribution is 2.36. The van der Waals surface area contributed by atoms with Gasteiger partial charge in [0, 0.05) is 16.0 Å². The minimum atomic E-state index is -4.43. The molecule has 0 saturated heterocycles. The molecule has 0 heterocycles. The Bertz CT molecular complexity index is 1020. The van der Waals surface area contributed by atoms with E-state index in [2.05, 4.69) is 4.99 Å². The average Bonchev–Trinajstić information content (AvgIpc) is 2.68. The lowest BCUT2D eigenvalue weighted by atomic mass is 10.1. The van der Waals surface area contributed by atoms with Gasteiger partial charge in [0.05, 0.1) is 11.3 Å². The summed E-state index contributed by atoms with van der Waals surface area (Å²) >= 11 is 1.25. The zero-order valence-corrected chi connectivity index (χ0v) is 15.6. The van der Waals surface area contributed by atoms with Crippen LogP contribution in [0.5, 0.6) is 0 Å². The summed E-state index contributed by atoms with van der Waals surface area (Å²) in [6.45, 7) is 0. The fraction of sp³-hybridized carbons (Fsp3) is 0.0455. The number of thioether (sulfide) groups is 1. The van der Waals surface area contributed by atoms with E-state index in [4.69, 9.17) is 0 Å². The topological polar surface area (TPSA) is 12.4 Å². The fourth-order valence-electron chi connectivity index (χ4n) is 2.39. The third kappa shape index (κ3) is 6.02. The van der Waals surface area contributed by atoms with Gasteiger partial charge in [-0.15, -0.1) is 0 Å². The summed E-state index contributed by atoms with van der Waals surface area (Å²) in [6.07, 6.45) is -1.37. The van der Waals surface area contributed by atoms with E-state index < -0.39 is 17.6 Å². The zero-order chi connectivity index (χ0) is 20.9. The Hall–Kier alpha value is -2.93. The number of hydrogen-bond donors (Lipinski definition) is 0. The highest BCUT2D eigenvalue weighted by atomic mass is 32.2. The maximum Gasteiger partial charge on any atom is 0.416 e. The monoisotopic (exact) mass is 419 g/mol. The van der Waals surface area contributed by atoms with Crippen LogP contribution in [0.4, 0.5) is 27.6 Å². The Morgan fingerprint density at radius 3 is 2.14 bits per heavy atom. The lowest BCUT2D eigenvalue weighted by Gasteiger charge is -2.10. The van der Waals surface area contributed by atoms with Crippen LogP contribution < -0.4 is 0 Å². The van der Waals surface area contributed by atoms with E-state index >= 15 is 0 Å². The Balaban J connectivity index is 1.91. The number of alkyl halides is 3. The summed E-state index contributed by atoms with van der Waals surface area (Å²) in [7, 11) is 0. The van der Waals surface area contributed by atoms with E-state index in [1.54, 1.807) is 24.3 Å². The molecule has 3 rings (SSSR count). The maximum atomic E-state index is 13.3. The fourth-order valence-corrected chi connectivity index (χ4v) is 3.30. The Labute approximate surface area is 168 Å². The minimum Gasteiger partial charge on any atom is -0.257 e. The van der Waals surface area contributed by atoms with Crippen LogP contribution in [0.3, 0.4) is 0 Å². The number of benzene rings is 3. The molecule has 0 fully saturated rings. The van der Waals surface area contributed by atoms with Gasteiger partial charge in [0.15, 0.2) is 0 Å². The highest BCUT2D eigenvalue weighted by Gasteiger charge is 2.30. The van der Waals surface area contributed by atoms with Gasteiger partial charge in [-0.25, -0.2) is 8.78 Å². The highest BCUT2D eigenvalue weighted by molar-refractivity contribution is 8.08. The summed E-state index contributed by atoms with van der Waals surface area (Å²) in [5.41, 5.74) is 0.193. The molecule has 0 spiro atoms. The molecule has 1 nitrogen and oxygen atoms in total. The third-order valence-corrected chi connectivity index (χ3v) is 4.90. The van der Waals surface area contributed by atoms with Crippen molar-refractivity contribution in [2.75, 3.05) is 0 Å². The van der Waals surface area contributed by atoms with Crippen molar-refractivity contribution in [2.24, 2.45) is 4.99 Å². The molecule has 0 saturated carbocycles. The number of halogens is 5. The predicted molar refractivity (Wildman–Crippen MR) is 106 cm³/mol. The quantitative estimate of drug-likeness (QED) is 0.237. The molecule has 0 aromatic heterocycles. The Morgan fingerprint density at radius 2 is 1.52 bits per heavy atom. The largest absolute Gasteiger partial charge is 0.416 e.